The third-order valence-electron chi connectivity index (χ3n) is 5.58. The smallest absolute Gasteiger partial charge is 0.332 e. The fraction of sp³-hybridized carbons (Fsp3) is 0.476. The van der Waals surface area contributed by atoms with Crippen molar-refractivity contribution in [2.75, 3.05) is 23.3 Å². The van der Waals surface area contributed by atoms with Gasteiger partial charge in [-0.3, -0.25) is 18.7 Å². The fourth-order valence-electron chi connectivity index (χ4n) is 3.68. The van der Waals surface area contributed by atoms with E-state index < -0.39 is 0 Å². The Morgan fingerprint density at radius 1 is 1.18 bits per heavy atom. The summed E-state index contributed by atoms with van der Waals surface area (Å²) in [6.45, 7) is 7.62. The van der Waals surface area contributed by atoms with E-state index in [0.29, 0.717) is 18.9 Å². The molecule has 1 aliphatic heterocycles. The van der Waals surface area contributed by atoms with Gasteiger partial charge in [0.1, 0.15) is 5.82 Å². The first-order valence-electron chi connectivity index (χ1n) is 9.75. The summed E-state index contributed by atoms with van der Waals surface area (Å²) in [4.78, 5) is 39.3. The molecule has 1 amide bonds. The van der Waals surface area contributed by atoms with E-state index in [4.69, 9.17) is 0 Å². The first kappa shape index (κ1) is 19.9. The van der Waals surface area contributed by atoms with Crippen LogP contribution in [0.1, 0.15) is 30.9 Å². The lowest BCUT2D eigenvalue weighted by Gasteiger charge is -2.34. The summed E-state index contributed by atoms with van der Waals surface area (Å²) in [5, 5.41) is 3.01. The average Bonchev–Trinajstić information content (AvgIpc) is 2.69. The Balaban J connectivity index is 1.81. The van der Waals surface area contributed by atoms with Crippen LogP contribution in [0.4, 0.5) is 11.5 Å². The number of amides is 1. The van der Waals surface area contributed by atoms with Crippen molar-refractivity contribution in [3.8, 4) is 0 Å². The number of aryl methyl sites for hydroxylation is 2. The molecule has 2 aromatic rings. The van der Waals surface area contributed by atoms with Crippen molar-refractivity contribution in [3.63, 3.8) is 0 Å². The number of rotatable bonds is 4. The maximum absolute atomic E-state index is 12.8. The van der Waals surface area contributed by atoms with Gasteiger partial charge in [-0.05, 0) is 56.9 Å². The highest BCUT2D eigenvalue weighted by molar-refractivity contribution is 5.93. The number of carbonyl (C=O) groups is 1. The summed E-state index contributed by atoms with van der Waals surface area (Å²) in [6.07, 6.45) is 1.62. The van der Waals surface area contributed by atoms with Gasteiger partial charge < -0.3 is 10.2 Å². The fourth-order valence-corrected chi connectivity index (χ4v) is 3.68. The summed E-state index contributed by atoms with van der Waals surface area (Å²) in [7, 11) is 1.48. The number of benzene rings is 1. The number of hydrogen-bond acceptors (Lipinski definition) is 4. The number of nitrogens with zero attached hydrogens (tertiary/aromatic N) is 3. The molecule has 1 aromatic heterocycles. The van der Waals surface area contributed by atoms with Crippen molar-refractivity contribution in [2.24, 2.45) is 13.0 Å². The summed E-state index contributed by atoms with van der Waals surface area (Å²) in [6, 6.07) is 7.38. The molecule has 1 saturated heterocycles. The first-order chi connectivity index (χ1) is 13.3. The molecule has 1 aliphatic rings. The predicted molar refractivity (Wildman–Crippen MR) is 111 cm³/mol. The molecule has 0 bridgehead atoms. The molecule has 3 rings (SSSR count). The minimum atomic E-state index is -0.327. The van der Waals surface area contributed by atoms with E-state index in [9.17, 15) is 14.4 Å². The lowest BCUT2D eigenvalue weighted by atomic mass is 9.97. The largest absolute Gasteiger partial charge is 0.357 e. The van der Waals surface area contributed by atoms with Gasteiger partial charge >= 0.3 is 5.69 Å². The summed E-state index contributed by atoms with van der Waals surface area (Å²) in [5.74, 6) is 0.376. The number of piperidine rings is 1. The zero-order valence-corrected chi connectivity index (χ0v) is 17.0. The van der Waals surface area contributed by atoms with Gasteiger partial charge in [0, 0.05) is 38.4 Å². The lowest BCUT2D eigenvalue weighted by molar-refractivity contribution is -0.120. The van der Waals surface area contributed by atoms with Crippen molar-refractivity contribution in [1.82, 2.24) is 9.13 Å². The Kier molecular flexibility index (Phi) is 5.72. The molecule has 150 valence electrons. The molecular formula is C21H28N4O3. The zero-order valence-electron chi connectivity index (χ0n) is 17.0. The topological polar surface area (TPSA) is 76.3 Å². The van der Waals surface area contributed by atoms with E-state index in [0.717, 1.165) is 35.2 Å². The van der Waals surface area contributed by atoms with Gasteiger partial charge in [0.25, 0.3) is 5.56 Å². The minimum absolute atomic E-state index is 0.0258. The van der Waals surface area contributed by atoms with Crippen LogP contribution in [0.3, 0.4) is 0 Å². The van der Waals surface area contributed by atoms with Crippen molar-refractivity contribution in [1.29, 1.82) is 0 Å². The lowest BCUT2D eigenvalue weighted by Crippen LogP contribution is -2.46. The van der Waals surface area contributed by atoms with Gasteiger partial charge in [-0.25, -0.2) is 4.79 Å². The number of anilines is 2. The monoisotopic (exact) mass is 384 g/mol. The molecule has 0 spiro atoms. The second kappa shape index (κ2) is 8.04. The van der Waals surface area contributed by atoms with Crippen LogP contribution in [0.15, 0.2) is 33.9 Å². The van der Waals surface area contributed by atoms with Gasteiger partial charge in [-0.1, -0.05) is 6.07 Å². The van der Waals surface area contributed by atoms with Crippen LogP contribution in [-0.2, 0) is 18.4 Å². The number of nitrogens with one attached hydrogen (secondary N) is 1. The third-order valence-corrected chi connectivity index (χ3v) is 5.58. The van der Waals surface area contributed by atoms with Gasteiger partial charge in [0.15, 0.2) is 0 Å². The van der Waals surface area contributed by atoms with Crippen molar-refractivity contribution < 1.29 is 4.79 Å². The number of carbonyl (C=O) groups excluding carboxylic acids is 1. The van der Waals surface area contributed by atoms with Crippen LogP contribution in [-0.4, -0.2) is 28.1 Å². The van der Waals surface area contributed by atoms with Crippen molar-refractivity contribution >= 4 is 17.4 Å². The maximum atomic E-state index is 12.8. The highest BCUT2D eigenvalue weighted by Crippen LogP contribution is 2.23. The Morgan fingerprint density at radius 3 is 2.61 bits per heavy atom. The Morgan fingerprint density at radius 2 is 1.93 bits per heavy atom. The number of hydrogen-bond donors (Lipinski definition) is 1. The van der Waals surface area contributed by atoms with E-state index in [1.807, 2.05) is 43.9 Å². The predicted octanol–water partition coefficient (Wildman–Crippen LogP) is 2.04. The summed E-state index contributed by atoms with van der Waals surface area (Å²) in [5.41, 5.74) is 2.46. The van der Waals surface area contributed by atoms with Crippen molar-refractivity contribution in [3.05, 3.63) is 56.2 Å². The molecule has 1 atom stereocenters. The molecule has 1 fully saturated rings. The first-order valence-corrected chi connectivity index (χ1v) is 9.75. The average molecular weight is 384 g/mol. The SMILES string of the molecule is CCn1c(N2CCC[C@@H](C(=O)Nc3ccc(C)c(C)c3)C2)cc(=O)n(C)c1=O. The van der Waals surface area contributed by atoms with Gasteiger partial charge in [0.05, 0.1) is 5.92 Å². The summed E-state index contributed by atoms with van der Waals surface area (Å²) >= 11 is 0. The minimum Gasteiger partial charge on any atom is -0.357 e. The van der Waals surface area contributed by atoms with E-state index in [2.05, 4.69) is 5.32 Å². The van der Waals surface area contributed by atoms with Crippen LogP contribution in [0.5, 0.6) is 0 Å². The van der Waals surface area contributed by atoms with Crippen LogP contribution in [0.2, 0.25) is 0 Å². The molecular weight excluding hydrogens is 356 g/mol. The normalized spacial score (nSPS) is 16.9. The van der Waals surface area contributed by atoms with Gasteiger partial charge in [0.2, 0.25) is 5.91 Å². The number of aromatic nitrogens is 2. The Hall–Kier alpha value is -2.83. The molecule has 1 N–H and O–H groups in total. The second-order valence-electron chi connectivity index (χ2n) is 7.50. The maximum Gasteiger partial charge on any atom is 0.332 e. The molecule has 0 radical (unpaired) electrons. The van der Waals surface area contributed by atoms with Crippen LogP contribution >= 0.6 is 0 Å². The zero-order chi connectivity index (χ0) is 20.4. The molecule has 0 unspecified atom stereocenters. The third kappa shape index (κ3) is 3.88. The van der Waals surface area contributed by atoms with Crippen LogP contribution in [0.25, 0.3) is 0 Å². The van der Waals surface area contributed by atoms with E-state index in [1.54, 1.807) is 4.57 Å². The van der Waals surface area contributed by atoms with E-state index in [-0.39, 0.29) is 23.1 Å². The standard InChI is InChI=1S/C21H28N4O3/c1-5-25-18(12-19(26)23(4)21(25)28)24-10-6-7-16(13-24)20(27)22-17-9-8-14(2)15(3)11-17/h8-9,11-12,16H,5-7,10,13H2,1-4H3,(H,22,27)/t16-/m1/s1. The molecule has 1 aromatic carbocycles. The quantitative estimate of drug-likeness (QED) is 0.875. The Bertz CT molecular complexity index is 1010. The van der Waals surface area contributed by atoms with Crippen LogP contribution in [0, 0.1) is 19.8 Å². The molecule has 7 nitrogen and oxygen atoms in total. The second-order valence-corrected chi connectivity index (χ2v) is 7.50. The van der Waals surface area contributed by atoms with E-state index >= 15 is 0 Å². The van der Waals surface area contributed by atoms with Crippen LogP contribution < -0.4 is 21.5 Å². The highest BCUT2D eigenvalue weighted by atomic mass is 16.2. The molecule has 28 heavy (non-hydrogen) atoms. The molecule has 2 heterocycles. The van der Waals surface area contributed by atoms with Crippen molar-refractivity contribution in [2.45, 2.75) is 40.2 Å². The molecule has 0 aliphatic carbocycles. The highest BCUT2D eigenvalue weighted by Gasteiger charge is 2.28. The van der Waals surface area contributed by atoms with Gasteiger partial charge in [-0.15, -0.1) is 0 Å². The summed E-state index contributed by atoms with van der Waals surface area (Å²) < 4.78 is 2.70. The molecule has 7 heteroatoms. The molecule has 0 saturated carbocycles. The van der Waals surface area contributed by atoms with E-state index in [1.165, 1.54) is 18.7 Å². The van der Waals surface area contributed by atoms with Gasteiger partial charge in [-0.2, -0.15) is 0 Å². The Labute approximate surface area is 164 Å².